The standard InChI is InChI=1S/C22H16N2/c1-2-7-16(8-3-1)17-10-6-11-18(13-17)21-15-24-14-19-9-4-5-12-20(19)22(24)23-21/h1-13,15H,14H2. The summed E-state index contributed by atoms with van der Waals surface area (Å²) in [6.07, 6.45) is 2.17. The number of imidazole rings is 1. The molecule has 0 amide bonds. The lowest BCUT2D eigenvalue weighted by molar-refractivity contribution is 0.848. The molecule has 2 nitrogen and oxygen atoms in total. The van der Waals surface area contributed by atoms with Gasteiger partial charge >= 0.3 is 0 Å². The highest BCUT2D eigenvalue weighted by molar-refractivity contribution is 5.74. The number of hydrogen-bond donors (Lipinski definition) is 0. The quantitative estimate of drug-likeness (QED) is 0.436. The van der Waals surface area contributed by atoms with Gasteiger partial charge in [-0.15, -0.1) is 0 Å². The van der Waals surface area contributed by atoms with Crippen molar-refractivity contribution >= 4 is 0 Å². The van der Waals surface area contributed by atoms with E-state index in [0.717, 1.165) is 23.6 Å². The smallest absolute Gasteiger partial charge is 0.141 e. The maximum atomic E-state index is 4.90. The van der Waals surface area contributed by atoms with E-state index in [-0.39, 0.29) is 0 Å². The van der Waals surface area contributed by atoms with Crippen molar-refractivity contribution in [1.82, 2.24) is 9.55 Å². The predicted octanol–water partition coefficient (Wildman–Crippen LogP) is 5.25. The average molecular weight is 308 g/mol. The summed E-state index contributed by atoms with van der Waals surface area (Å²) in [5, 5.41) is 0. The van der Waals surface area contributed by atoms with Crippen LogP contribution in [0.15, 0.2) is 85.1 Å². The third-order valence-electron chi connectivity index (χ3n) is 4.64. The first-order valence-electron chi connectivity index (χ1n) is 8.20. The summed E-state index contributed by atoms with van der Waals surface area (Å²) in [6, 6.07) is 27.6. The van der Waals surface area contributed by atoms with Gasteiger partial charge in [-0.2, -0.15) is 0 Å². The van der Waals surface area contributed by atoms with E-state index < -0.39 is 0 Å². The zero-order valence-corrected chi connectivity index (χ0v) is 13.2. The Labute approximate surface area is 141 Å². The van der Waals surface area contributed by atoms with E-state index in [0.29, 0.717) is 0 Å². The van der Waals surface area contributed by atoms with Gasteiger partial charge in [-0.25, -0.2) is 4.98 Å². The Bertz CT molecular complexity index is 1030. The van der Waals surface area contributed by atoms with Gasteiger partial charge in [-0.05, 0) is 22.8 Å². The maximum absolute atomic E-state index is 4.90. The molecular formula is C22H16N2. The highest BCUT2D eigenvalue weighted by atomic mass is 15.1. The first kappa shape index (κ1) is 13.3. The molecule has 0 fully saturated rings. The number of benzene rings is 3. The third kappa shape index (κ3) is 2.08. The topological polar surface area (TPSA) is 17.8 Å². The van der Waals surface area contributed by atoms with Crippen LogP contribution in [0.4, 0.5) is 0 Å². The molecule has 4 aromatic rings. The Kier molecular flexibility index (Phi) is 2.89. The molecule has 0 spiro atoms. The minimum Gasteiger partial charge on any atom is -0.326 e. The van der Waals surface area contributed by atoms with Gasteiger partial charge in [0.1, 0.15) is 5.82 Å². The molecule has 0 unspecified atom stereocenters. The van der Waals surface area contributed by atoms with E-state index in [9.17, 15) is 0 Å². The fourth-order valence-corrected chi connectivity index (χ4v) is 3.44. The van der Waals surface area contributed by atoms with Crippen molar-refractivity contribution in [2.45, 2.75) is 6.54 Å². The number of aromatic nitrogens is 2. The van der Waals surface area contributed by atoms with Gasteiger partial charge < -0.3 is 4.57 Å². The van der Waals surface area contributed by atoms with Gasteiger partial charge in [0.05, 0.1) is 5.69 Å². The van der Waals surface area contributed by atoms with Gasteiger partial charge in [0.25, 0.3) is 0 Å². The van der Waals surface area contributed by atoms with Crippen molar-refractivity contribution < 1.29 is 0 Å². The van der Waals surface area contributed by atoms with E-state index in [2.05, 4.69) is 83.6 Å². The second-order valence-electron chi connectivity index (χ2n) is 6.18. The highest BCUT2D eigenvalue weighted by Gasteiger charge is 2.20. The Balaban J connectivity index is 1.58. The molecule has 2 heterocycles. The number of nitrogens with zero attached hydrogens (tertiary/aromatic N) is 2. The van der Waals surface area contributed by atoms with Crippen LogP contribution in [0.3, 0.4) is 0 Å². The van der Waals surface area contributed by atoms with Crippen LogP contribution in [-0.4, -0.2) is 9.55 Å². The van der Waals surface area contributed by atoms with Gasteiger partial charge in [-0.3, -0.25) is 0 Å². The molecule has 0 saturated carbocycles. The molecule has 2 heteroatoms. The molecule has 0 aliphatic carbocycles. The molecule has 0 bridgehead atoms. The van der Waals surface area contributed by atoms with Crippen molar-refractivity contribution in [2.24, 2.45) is 0 Å². The van der Waals surface area contributed by atoms with Crippen LogP contribution in [0.2, 0.25) is 0 Å². The highest BCUT2D eigenvalue weighted by Crippen LogP contribution is 2.34. The zero-order valence-electron chi connectivity index (χ0n) is 13.2. The Morgan fingerprint density at radius 2 is 1.46 bits per heavy atom. The fourth-order valence-electron chi connectivity index (χ4n) is 3.44. The van der Waals surface area contributed by atoms with Crippen LogP contribution in [0, 0.1) is 0 Å². The first-order valence-corrected chi connectivity index (χ1v) is 8.20. The molecule has 0 radical (unpaired) electrons. The van der Waals surface area contributed by atoms with Crippen molar-refractivity contribution in [2.75, 3.05) is 0 Å². The largest absolute Gasteiger partial charge is 0.326 e. The SMILES string of the molecule is c1ccc(-c2cccc(-c3cn4c(n3)-c3ccccc3C4)c2)cc1. The van der Waals surface area contributed by atoms with E-state index in [4.69, 9.17) is 4.98 Å². The van der Waals surface area contributed by atoms with Crippen LogP contribution < -0.4 is 0 Å². The second kappa shape index (κ2) is 5.20. The Hall–Kier alpha value is -3.13. The number of rotatable bonds is 2. The maximum Gasteiger partial charge on any atom is 0.141 e. The molecule has 1 aliphatic heterocycles. The lowest BCUT2D eigenvalue weighted by atomic mass is 10.0. The molecule has 0 N–H and O–H groups in total. The zero-order chi connectivity index (χ0) is 15.9. The molecule has 5 rings (SSSR count). The average Bonchev–Trinajstić information content (AvgIpc) is 3.21. The van der Waals surface area contributed by atoms with Gasteiger partial charge in [0, 0.05) is 23.9 Å². The van der Waals surface area contributed by atoms with Crippen molar-refractivity contribution in [1.29, 1.82) is 0 Å². The monoisotopic (exact) mass is 308 g/mol. The van der Waals surface area contributed by atoms with Crippen molar-refractivity contribution in [3.05, 3.63) is 90.6 Å². The summed E-state index contributed by atoms with van der Waals surface area (Å²) in [5.74, 6) is 1.07. The summed E-state index contributed by atoms with van der Waals surface area (Å²) in [7, 11) is 0. The van der Waals surface area contributed by atoms with E-state index in [1.165, 1.54) is 22.3 Å². The molecule has 1 aromatic heterocycles. The molecule has 3 aromatic carbocycles. The summed E-state index contributed by atoms with van der Waals surface area (Å²) >= 11 is 0. The van der Waals surface area contributed by atoms with Crippen LogP contribution in [-0.2, 0) is 6.54 Å². The Morgan fingerprint density at radius 3 is 2.38 bits per heavy atom. The Morgan fingerprint density at radius 1 is 0.708 bits per heavy atom. The minimum absolute atomic E-state index is 0.914. The number of hydrogen-bond acceptors (Lipinski definition) is 1. The molecule has 114 valence electrons. The van der Waals surface area contributed by atoms with Gasteiger partial charge in [-0.1, -0.05) is 72.8 Å². The summed E-state index contributed by atoms with van der Waals surface area (Å²) in [6.45, 7) is 0.914. The second-order valence-corrected chi connectivity index (χ2v) is 6.18. The minimum atomic E-state index is 0.914. The summed E-state index contributed by atoms with van der Waals surface area (Å²) in [4.78, 5) is 4.90. The lowest BCUT2D eigenvalue weighted by Crippen LogP contribution is -1.89. The van der Waals surface area contributed by atoms with Crippen LogP contribution in [0.1, 0.15) is 5.56 Å². The number of fused-ring (bicyclic) bond motifs is 3. The van der Waals surface area contributed by atoms with E-state index in [1.807, 2.05) is 6.07 Å². The van der Waals surface area contributed by atoms with Crippen LogP contribution >= 0.6 is 0 Å². The molecule has 0 atom stereocenters. The summed E-state index contributed by atoms with van der Waals surface area (Å²) in [5.41, 5.74) is 7.26. The molecule has 1 aliphatic rings. The fraction of sp³-hybridized carbons (Fsp3) is 0.0455. The van der Waals surface area contributed by atoms with Crippen molar-refractivity contribution in [3.63, 3.8) is 0 Å². The van der Waals surface area contributed by atoms with Gasteiger partial charge in [0.15, 0.2) is 0 Å². The van der Waals surface area contributed by atoms with Crippen molar-refractivity contribution in [3.8, 4) is 33.8 Å². The molecule has 24 heavy (non-hydrogen) atoms. The molecular weight excluding hydrogens is 292 g/mol. The third-order valence-corrected chi connectivity index (χ3v) is 4.64. The van der Waals surface area contributed by atoms with E-state index in [1.54, 1.807) is 0 Å². The predicted molar refractivity (Wildman–Crippen MR) is 97.6 cm³/mol. The first-order chi connectivity index (χ1) is 11.9. The molecule has 0 saturated heterocycles. The van der Waals surface area contributed by atoms with Gasteiger partial charge in [0.2, 0.25) is 0 Å². The normalized spacial score (nSPS) is 12.0. The van der Waals surface area contributed by atoms with Crippen LogP contribution in [0.5, 0.6) is 0 Å². The van der Waals surface area contributed by atoms with E-state index >= 15 is 0 Å². The van der Waals surface area contributed by atoms with Crippen LogP contribution in [0.25, 0.3) is 33.8 Å². The summed E-state index contributed by atoms with van der Waals surface area (Å²) < 4.78 is 2.25. The lowest BCUT2D eigenvalue weighted by Gasteiger charge is -2.04.